The fourth-order valence-electron chi connectivity index (χ4n) is 2.84. The van der Waals surface area contributed by atoms with Crippen LogP contribution >= 0.6 is 23.2 Å². The number of halogens is 2. The summed E-state index contributed by atoms with van der Waals surface area (Å²) < 4.78 is 7.83. The van der Waals surface area contributed by atoms with Crippen LogP contribution in [0.15, 0.2) is 47.7 Å². The van der Waals surface area contributed by atoms with E-state index < -0.39 is 5.97 Å². The third-order valence-electron chi connectivity index (χ3n) is 4.08. The lowest BCUT2D eigenvalue weighted by atomic mass is 10.2. The van der Waals surface area contributed by atoms with Crippen molar-refractivity contribution in [2.45, 2.75) is 6.92 Å². The average Bonchev–Trinajstić information content (AvgIpc) is 3.09. The molecule has 0 saturated carbocycles. The van der Waals surface area contributed by atoms with E-state index in [-0.39, 0.29) is 22.8 Å². The molecule has 4 aromatic rings. The fourth-order valence-corrected chi connectivity index (χ4v) is 3.22. The van der Waals surface area contributed by atoms with E-state index in [1.165, 1.54) is 21.5 Å². The van der Waals surface area contributed by atoms with Gasteiger partial charge in [0, 0.05) is 12.4 Å². The van der Waals surface area contributed by atoms with Crippen LogP contribution in [0.3, 0.4) is 0 Å². The van der Waals surface area contributed by atoms with Crippen LogP contribution in [-0.2, 0) is 4.74 Å². The maximum absolute atomic E-state index is 13.0. The summed E-state index contributed by atoms with van der Waals surface area (Å²) >= 11 is 12.3. The molecule has 0 spiro atoms. The molecule has 0 amide bonds. The van der Waals surface area contributed by atoms with Crippen molar-refractivity contribution in [2.24, 2.45) is 0 Å². The Bertz CT molecular complexity index is 1260. The third kappa shape index (κ3) is 2.75. The smallest absolute Gasteiger partial charge is 0.343 e. The predicted molar refractivity (Wildman–Crippen MR) is 102 cm³/mol. The summed E-state index contributed by atoms with van der Waals surface area (Å²) in [4.78, 5) is 29.2. The molecule has 0 unspecified atom stereocenters. The van der Waals surface area contributed by atoms with Crippen LogP contribution in [-0.4, -0.2) is 31.7 Å². The Kier molecular flexibility index (Phi) is 4.33. The van der Waals surface area contributed by atoms with Gasteiger partial charge in [-0.1, -0.05) is 29.3 Å². The summed E-state index contributed by atoms with van der Waals surface area (Å²) in [5.41, 5.74) is 1.19. The van der Waals surface area contributed by atoms with Crippen molar-refractivity contribution in [1.82, 2.24) is 19.2 Å². The first-order valence-electron chi connectivity index (χ1n) is 8.02. The van der Waals surface area contributed by atoms with Crippen molar-refractivity contribution in [3.05, 3.63) is 68.8 Å². The molecule has 7 nitrogen and oxygen atoms in total. The normalized spacial score (nSPS) is 11.2. The van der Waals surface area contributed by atoms with E-state index in [4.69, 9.17) is 27.9 Å². The van der Waals surface area contributed by atoms with Crippen LogP contribution in [0.5, 0.6) is 0 Å². The molecule has 3 heterocycles. The Labute approximate surface area is 162 Å². The number of carbonyl (C=O) groups excluding carboxylic acids is 1. The molecule has 0 saturated heterocycles. The quantitative estimate of drug-likeness (QED) is 0.489. The zero-order chi connectivity index (χ0) is 19.1. The number of pyridine rings is 1. The van der Waals surface area contributed by atoms with Crippen molar-refractivity contribution in [3.63, 3.8) is 0 Å². The molecule has 0 aliphatic rings. The number of hydrogen-bond acceptors (Lipinski definition) is 5. The van der Waals surface area contributed by atoms with Gasteiger partial charge in [-0.3, -0.25) is 9.36 Å². The van der Waals surface area contributed by atoms with Crippen molar-refractivity contribution in [2.75, 3.05) is 6.61 Å². The van der Waals surface area contributed by atoms with E-state index in [9.17, 15) is 9.59 Å². The van der Waals surface area contributed by atoms with E-state index in [0.717, 1.165) is 0 Å². The minimum atomic E-state index is -0.515. The fraction of sp³-hybridized carbons (Fsp3) is 0.111. The van der Waals surface area contributed by atoms with E-state index in [1.807, 2.05) is 0 Å². The van der Waals surface area contributed by atoms with Gasteiger partial charge in [0.05, 0.1) is 39.4 Å². The molecule has 0 aliphatic carbocycles. The molecule has 27 heavy (non-hydrogen) atoms. The molecule has 4 rings (SSSR count). The molecule has 0 radical (unpaired) electrons. The average molecular weight is 403 g/mol. The summed E-state index contributed by atoms with van der Waals surface area (Å²) in [6.07, 6.45) is 4.36. The number of carbonyl (C=O) groups is 1. The van der Waals surface area contributed by atoms with Gasteiger partial charge in [-0.05, 0) is 25.1 Å². The van der Waals surface area contributed by atoms with Gasteiger partial charge in [0.1, 0.15) is 5.56 Å². The topological polar surface area (TPSA) is 78.5 Å². The minimum absolute atomic E-state index is 0.237. The number of nitrogens with zero attached hydrogens (tertiary/aromatic N) is 4. The molecular weight excluding hydrogens is 391 g/mol. The van der Waals surface area contributed by atoms with Crippen LogP contribution < -0.4 is 5.56 Å². The monoisotopic (exact) mass is 402 g/mol. The SMILES string of the molecule is CCOC(=O)c1cnn2c1ncc1c(=O)n(-c3cccc(Cl)c3Cl)ccc12. The highest BCUT2D eigenvalue weighted by atomic mass is 35.5. The van der Waals surface area contributed by atoms with E-state index >= 15 is 0 Å². The molecule has 0 aliphatic heterocycles. The highest BCUT2D eigenvalue weighted by Crippen LogP contribution is 2.28. The Hall–Kier alpha value is -2.90. The van der Waals surface area contributed by atoms with Crippen molar-refractivity contribution < 1.29 is 9.53 Å². The van der Waals surface area contributed by atoms with Gasteiger partial charge >= 0.3 is 5.97 Å². The Morgan fingerprint density at radius 2 is 2.04 bits per heavy atom. The molecule has 0 atom stereocenters. The van der Waals surface area contributed by atoms with Crippen LogP contribution in [0, 0.1) is 0 Å². The van der Waals surface area contributed by atoms with Gasteiger partial charge in [0.2, 0.25) is 0 Å². The summed E-state index contributed by atoms with van der Waals surface area (Å²) in [5, 5.41) is 5.13. The summed E-state index contributed by atoms with van der Waals surface area (Å²) in [6.45, 7) is 1.96. The third-order valence-corrected chi connectivity index (χ3v) is 4.89. The van der Waals surface area contributed by atoms with Crippen LogP contribution in [0.1, 0.15) is 17.3 Å². The van der Waals surface area contributed by atoms with Crippen molar-refractivity contribution in [3.8, 4) is 5.69 Å². The van der Waals surface area contributed by atoms with Gasteiger partial charge in [-0.2, -0.15) is 5.10 Å². The Balaban J connectivity index is 1.95. The highest BCUT2D eigenvalue weighted by molar-refractivity contribution is 6.43. The number of ether oxygens (including phenoxy) is 1. The molecule has 0 bridgehead atoms. The first-order chi connectivity index (χ1) is 13.0. The van der Waals surface area contributed by atoms with E-state index in [1.54, 1.807) is 37.4 Å². The van der Waals surface area contributed by atoms with Gasteiger partial charge in [0.15, 0.2) is 5.65 Å². The van der Waals surface area contributed by atoms with Gasteiger partial charge in [-0.25, -0.2) is 14.3 Å². The van der Waals surface area contributed by atoms with Crippen LogP contribution in [0.25, 0.3) is 22.2 Å². The predicted octanol–water partition coefficient (Wildman–Crippen LogP) is 3.52. The zero-order valence-corrected chi connectivity index (χ0v) is 15.5. The number of aromatic nitrogens is 4. The molecule has 0 N–H and O–H groups in total. The van der Waals surface area contributed by atoms with Crippen LogP contribution in [0.4, 0.5) is 0 Å². The minimum Gasteiger partial charge on any atom is -0.462 e. The van der Waals surface area contributed by atoms with Crippen molar-refractivity contribution in [1.29, 1.82) is 0 Å². The number of hydrogen-bond donors (Lipinski definition) is 0. The van der Waals surface area contributed by atoms with E-state index in [2.05, 4.69) is 10.1 Å². The Morgan fingerprint density at radius 1 is 1.22 bits per heavy atom. The number of esters is 1. The molecular formula is C18H12Cl2N4O3. The lowest BCUT2D eigenvalue weighted by Crippen LogP contribution is -2.19. The number of rotatable bonds is 3. The summed E-state index contributed by atoms with van der Waals surface area (Å²) in [7, 11) is 0. The van der Waals surface area contributed by atoms with E-state index in [0.29, 0.717) is 27.3 Å². The van der Waals surface area contributed by atoms with Gasteiger partial charge in [0.25, 0.3) is 5.56 Å². The standard InChI is InChI=1S/C18H12Cl2N4O3/c1-2-27-18(26)11-9-22-24-13-6-7-23(14-5-3-4-12(19)15(14)20)17(25)10(13)8-21-16(11)24/h3-9H,2H2,1H3. The number of benzene rings is 1. The maximum Gasteiger partial charge on any atom is 0.343 e. The Morgan fingerprint density at radius 3 is 2.81 bits per heavy atom. The lowest BCUT2D eigenvalue weighted by Gasteiger charge is -2.10. The highest BCUT2D eigenvalue weighted by Gasteiger charge is 2.18. The number of fused-ring (bicyclic) bond motifs is 3. The first kappa shape index (κ1) is 17.5. The summed E-state index contributed by atoms with van der Waals surface area (Å²) in [6, 6.07) is 6.75. The van der Waals surface area contributed by atoms with Crippen molar-refractivity contribution >= 4 is 45.7 Å². The molecule has 136 valence electrons. The molecule has 3 aromatic heterocycles. The van der Waals surface area contributed by atoms with Gasteiger partial charge < -0.3 is 4.74 Å². The molecule has 1 aromatic carbocycles. The molecule has 0 fully saturated rings. The second kappa shape index (κ2) is 6.68. The zero-order valence-electron chi connectivity index (χ0n) is 14.0. The second-order valence-electron chi connectivity index (χ2n) is 5.64. The van der Waals surface area contributed by atoms with Crippen LogP contribution in [0.2, 0.25) is 10.0 Å². The summed E-state index contributed by atoms with van der Waals surface area (Å²) in [5.74, 6) is -0.515. The molecule has 9 heteroatoms. The van der Waals surface area contributed by atoms with Gasteiger partial charge in [-0.15, -0.1) is 0 Å². The maximum atomic E-state index is 13.0. The second-order valence-corrected chi connectivity index (χ2v) is 6.42. The largest absolute Gasteiger partial charge is 0.462 e. The first-order valence-corrected chi connectivity index (χ1v) is 8.78. The lowest BCUT2D eigenvalue weighted by molar-refractivity contribution is 0.0528.